The minimum absolute atomic E-state index is 0.103. The summed E-state index contributed by atoms with van der Waals surface area (Å²) in [5.74, 6) is -0.547. The number of aliphatic hydroxyl groups is 1. The Balaban J connectivity index is 5.19. The quantitative estimate of drug-likeness (QED) is 0.0222. The molecule has 17 nitrogen and oxygen atoms in total. The second-order valence-corrected chi connectivity index (χ2v) is 31.8. The fourth-order valence-corrected chi connectivity index (χ4v) is 13.7. The molecule has 0 aliphatic rings. The topological polar surface area (TPSA) is 237 Å². The molecule has 4 unspecified atom stereocenters. The van der Waals surface area contributed by atoms with Crippen LogP contribution >= 0.6 is 15.6 Å². The second-order valence-electron chi connectivity index (χ2n) is 28.9. The van der Waals surface area contributed by atoms with E-state index < -0.39 is 97.5 Å². The van der Waals surface area contributed by atoms with Crippen molar-refractivity contribution in [3.63, 3.8) is 0 Å². The smallest absolute Gasteiger partial charge is 0.462 e. The van der Waals surface area contributed by atoms with Gasteiger partial charge in [-0.05, 0) is 37.5 Å². The van der Waals surface area contributed by atoms with Crippen molar-refractivity contribution in [1.29, 1.82) is 0 Å². The molecule has 19 heteroatoms. The minimum Gasteiger partial charge on any atom is -0.462 e. The molecule has 0 amide bonds. The minimum atomic E-state index is -4.96. The highest BCUT2D eigenvalue weighted by Crippen LogP contribution is 2.45. The van der Waals surface area contributed by atoms with E-state index in [2.05, 4.69) is 41.5 Å². The molecule has 0 aromatic heterocycles. The van der Waals surface area contributed by atoms with E-state index >= 15 is 0 Å². The Bertz CT molecular complexity index is 1890. The highest BCUT2D eigenvalue weighted by molar-refractivity contribution is 7.47. The molecule has 3 N–H and O–H groups in total. The Morgan fingerprint density at radius 2 is 0.490 bits per heavy atom. The van der Waals surface area contributed by atoms with Crippen LogP contribution in [0.4, 0.5) is 0 Å². The van der Waals surface area contributed by atoms with Gasteiger partial charge in [0.25, 0.3) is 0 Å². The number of phosphoric acid groups is 2. The van der Waals surface area contributed by atoms with Gasteiger partial charge < -0.3 is 33.8 Å². The molecule has 0 aromatic rings. The van der Waals surface area contributed by atoms with E-state index in [0.29, 0.717) is 25.7 Å². The van der Waals surface area contributed by atoms with Crippen LogP contribution in [0.2, 0.25) is 0 Å². The Labute approximate surface area is 600 Å². The van der Waals surface area contributed by atoms with Gasteiger partial charge in [-0.2, -0.15) is 0 Å². The first-order valence-corrected chi connectivity index (χ1v) is 44.1. The van der Waals surface area contributed by atoms with E-state index in [4.69, 9.17) is 37.0 Å². The first kappa shape index (κ1) is 96.1. The van der Waals surface area contributed by atoms with Gasteiger partial charge in [-0.25, -0.2) is 9.13 Å². The number of hydrogen-bond donors (Lipinski definition) is 3. The van der Waals surface area contributed by atoms with E-state index in [-0.39, 0.29) is 25.7 Å². The summed E-state index contributed by atoms with van der Waals surface area (Å²) in [6, 6.07) is 0. The average molecular weight is 1440 g/mol. The Hall–Kier alpha value is -1.94. The molecule has 0 heterocycles. The Morgan fingerprint density at radius 1 is 0.286 bits per heavy atom. The Kier molecular flexibility index (Phi) is 69.3. The first-order valence-electron chi connectivity index (χ1n) is 41.1. The second kappa shape index (κ2) is 70.7. The van der Waals surface area contributed by atoms with Crippen LogP contribution in [-0.2, 0) is 65.4 Å². The lowest BCUT2D eigenvalue weighted by Crippen LogP contribution is -2.30. The van der Waals surface area contributed by atoms with Crippen LogP contribution in [0.25, 0.3) is 0 Å². The van der Waals surface area contributed by atoms with Gasteiger partial charge in [-0.1, -0.05) is 363 Å². The number of rotatable bonds is 78. The number of esters is 4. The van der Waals surface area contributed by atoms with Crippen LogP contribution in [0.5, 0.6) is 0 Å². The van der Waals surface area contributed by atoms with Crippen molar-refractivity contribution in [3.8, 4) is 0 Å². The molecule has 98 heavy (non-hydrogen) atoms. The average Bonchev–Trinajstić information content (AvgIpc) is 0.993. The van der Waals surface area contributed by atoms with E-state index in [1.807, 2.05) is 0 Å². The summed E-state index contributed by atoms with van der Waals surface area (Å²) in [7, 11) is -9.91. The third kappa shape index (κ3) is 69.8. The molecule has 0 aliphatic carbocycles. The van der Waals surface area contributed by atoms with Crippen LogP contribution < -0.4 is 0 Å². The van der Waals surface area contributed by atoms with Crippen molar-refractivity contribution in [3.05, 3.63) is 0 Å². The van der Waals surface area contributed by atoms with Crippen molar-refractivity contribution in [2.75, 3.05) is 39.6 Å². The summed E-state index contributed by atoms with van der Waals surface area (Å²) in [4.78, 5) is 72.8. The largest absolute Gasteiger partial charge is 0.472 e. The molecule has 0 aromatic carbocycles. The lowest BCUT2D eigenvalue weighted by atomic mass is 9.99. The lowest BCUT2D eigenvalue weighted by Gasteiger charge is -2.21. The molecular weight excluding hydrogens is 1280 g/mol. The third-order valence-electron chi connectivity index (χ3n) is 19.2. The molecule has 0 fully saturated rings. The molecule has 0 spiro atoms. The zero-order valence-electron chi connectivity index (χ0n) is 64.1. The standard InChI is InChI=1S/C79H154O17P2/c1-7-11-13-15-17-19-20-21-22-23-24-25-26-27-28-33-36-40-44-51-57-63-78(83)95-74(67-90-77(82)62-56-50-43-39-35-32-30-29-31-34-38-41-47-53-59-71(5)9-3)69-93-97(85,86)91-65-73(80)66-92-98(87,88)94-70-75(68-89-76(81)61-55-49-42-37-18-16-14-12-8-2)96-79(84)64-58-52-46-45-48-54-60-72(6)10-4/h71-75,80H,7-70H2,1-6H3,(H,85,86)(H,87,88)/t71?,72?,73-,74-,75-/m1/s1. The summed E-state index contributed by atoms with van der Waals surface area (Å²) in [6.07, 6.45) is 59.8. The van der Waals surface area contributed by atoms with Crippen molar-refractivity contribution < 1.29 is 80.2 Å². The molecule has 0 bridgehead atoms. The molecule has 0 radical (unpaired) electrons. The van der Waals surface area contributed by atoms with Crippen LogP contribution in [0.3, 0.4) is 0 Å². The van der Waals surface area contributed by atoms with E-state index in [0.717, 1.165) is 102 Å². The predicted molar refractivity (Wildman–Crippen MR) is 400 cm³/mol. The summed E-state index contributed by atoms with van der Waals surface area (Å²) in [5, 5.41) is 10.6. The van der Waals surface area contributed by atoms with Crippen LogP contribution in [-0.4, -0.2) is 96.7 Å². The SMILES string of the molecule is CCCCCCCCCCCCCCCCCCCCCCCC(=O)O[C@H](COC(=O)CCCCCCCCCCCCCCCCC(C)CC)COP(=O)(O)OC[C@@H](O)COP(=O)(O)OC[C@@H](COC(=O)CCCCCCCCCCC)OC(=O)CCCCCCCCC(C)CC. The van der Waals surface area contributed by atoms with Gasteiger partial charge in [0, 0.05) is 25.7 Å². The van der Waals surface area contributed by atoms with Gasteiger partial charge >= 0.3 is 39.5 Å². The molecule has 0 rings (SSSR count). The summed E-state index contributed by atoms with van der Waals surface area (Å²) in [5.41, 5.74) is 0. The number of unbranched alkanes of at least 4 members (excludes halogenated alkanes) is 46. The summed E-state index contributed by atoms with van der Waals surface area (Å²) >= 11 is 0. The fourth-order valence-electron chi connectivity index (χ4n) is 12.1. The molecular formula is C79H154O17P2. The zero-order chi connectivity index (χ0) is 72.1. The monoisotopic (exact) mass is 1440 g/mol. The maximum absolute atomic E-state index is 13.1. The molecule has 7 atom stereocenters. The van der Waals surface area contributed by atoms with Crippen molar-refractivity contribution in [2.45, 2.75) is 432 Å². The number of hydrogen-bond acceptors (Lipinski definition) is 15. The van der Waals surface area contributed by atoms with Crippen molar-refractivity contribution >= 4 is 39.5 Å². The lowest BCUT2D eigenvalue weighted by molar-refractivity contribution is -0.161. The maximum atomic E-state index is 13.1. The first-order chi connectivity index (χ1) is 47.4. The highest BCUT2D eigenvalue weighted by atomic mass is 31.2. The van der Waals surface area contributed by atoms with E-state index in [9.17, 15) is 43.2 Å². The molecule has 582 valence electrons. The maximum Gasteiger partial charge on any atom is 0.472 e. The van der Waals surface area contributed by atoms with Crippen LogP contribution in [0.1, 0.15) is 414 Å². The number of aliphatic hydroxyl groups excluding tert-OH is 1. The van der Waals surface area contributed by atoms with Crippen LogP contribution in [0, 0.1) is 11.8 Å². The van der Waals surface area contributed by atoms with E-state index in [1.165, 1.54) is 231 Å². The number of phosphoric ester groups is 2. The van der Waals surface area contributed by atoms with Crippen LogP contribution in [0.15, 0.2) is 0 Å². The normalized spacial score (nSPS) is 14.5. The van der Waals surface area contributed by atoms with Gasteiger partial charge in [-0.15, -0.1) is 0 Å². The molecule has 0 saturated carbocycles. The molecule has 0 saturated heterocycles. The van der Waals surface area contributed by atoms with Crippen molar-refractivity contribution in [2.24, 2.45) is 11.8 Å². The number of carbonyl (C=O) groups is 4. The Morgan fingerprint density at radius 3 is 0.724 bits per heavy atom. The fraction of sp³-hybridized carbons (Fsp3) is 0.949. The highest BCUT2D eigenvalue weighted by Gasteiger charge is 2.30. The predicted octanol–water partition coefficient (Wildman–Crippen LogP) is 23.5. The van der Waals surface area contributed by atoms with Gasteiger partial charge in [0.15, 0.2) is 12.2 Å². The number of carbonyl (C=O) groups excluding carboxylic acids is 4. The third-order valence-corrected chi connectivity index (χ3v) is 21.1. The van der Waals surface area contributed by atoms with Gasteiger partial charge in [0.2, 0.25) is 0 Å². The number of ether oxygens (including phenoxy) is 4. The van der Waals surface area contributed by atoms with Gasteiger partial charge in [0.05, 0.1) is 26.4 Å². The zero-order valence-corrected chi connectivity index (χ0v) is 65.9. The van der Waals surface area contributed by atoms with Crippen molar-refractivity contribution in [1.82, 2.24) is 0 Å². The van der Waals surface area contributed by atoms with Gasteiger partial charge in [-0.3, -0.25) is 37.3 Å². The van der Waals surface area contributed by atoms with Gasteiger partial charge in [0.1, 0.15) is 19.3 Å². The molecule has 0 aliphatic heterocycles. The summed E-state index contributed by atoms with van der Waals surface area (Å²) < 4.78 is 68.5. The van der Waals surface area contributed by atoms with E-state index in [1.54, 1.807) is 0 Å². The summed E-state index contributed by atoms with van der Waals surface area (Å²) in [6.45, 7) is 9.60.